The maximum Gasteiger partial charge on any atom is 0.0160 e. The van der Waals surface area contributed by atoms with Crippen molar-refractivity contribution in [1.29, 1.82) is 0 Å². The van der Waals surface area contributed by atoms with Crippen LogP contribution >= 0.6 is 0 Å². The number of nitrogens with one attached hydrogen (secondary N) is 1. The molecule has 1 N–H and O–H groups in total. The quantitative estimate of drug-likeness (QED) is 0.491. The molecule has 2 heteroatoms. The SMILES string of the molecule is C=CCN(CCC)CCCNC(C)(C)C. The molecule has 0 rings (SSSR count). The summed E-state index contributed by atoms with van der Waals surface area (Å²) in [6, 6.07) is 0. The van der Waals surface area contributed by atoms with Crippen molar-refractivity contribution in [2.45, 2.75) is 46.1 Å². The zero-order valence-electron chi connectivity index (χ0n) is 11.0. The van der Waals surface area contributed by atoms with E-state index in [-0.39, 0.29) is 5.54 Å². The first-order valence-corrected chi connectivity index (χ1v) is 6.08. The number of nitrogens with zero attached hydrogens (tertiary/aromatic N) is 1. The lowest BCUT2D eigenvalue weighted by molar-refractivity contribution is 0.290. The monoisotopic (exact) mass is 212 g/mol. The van der Waals surface area contributed by atoms with E-state index in [9.17, 15) is 0 Å². The lowest BCUT2D eigenvalue weighted by Gasteiger charge is -2.23. The molecule has 0 aromatic heterocycles. The Bertz CT molecular complexity index is 158. The zero-order valence-corrected chi connectivity index (χ0v) is 11.0. The first-order chi connectivity index (χ1) is 6.99. The molecule has 0 heterocycles. The van der Waals surface area contributed by atoms with Gasteiger partial charge in [-0.2, -0.15) is 0 Å². The van der Waals surface area contributed by atoms with Crippen LogP contribution in [0.3, 0.4) is 0 Å². The molecule has 0 spiro atoms. The summed E-state index contributed by atoms with van der Waals surface area (Å²) < 4.78 is 0. The van der Waals surface area contributed by atoms with Gasteiger partial charge in [0.2, 0.25) is 0 Å². The van der Waals surface area contributed by atoms with Crippen molar-refractivity contribution in [3.05, 3.63) is 12.7 Å². The maximum atomic E-state index is 3.79. The molecule has 0 aliphatic carbocycles. The van der Waals surface area contributed by atoms with Gasteiger partial charge in [0.1, 0.15) is 0 Å². The smallest absolute Gasteiger partial charge is 0.0160 e. The van der Waals surface area contributed by atoms with E-state index >= 15 is 0 Å². The van der Waals surface area contributed by atoms with Crippen LogP contribution in [0.1, 0.15) is 40.5 Å². The summed E-state index contributed by atoms with van der Waals surface area (Å²) >= 11 is 0. The van der Waals surface area contributed by atoms with E-state index in [1.807, 2.05) is 6.08 Å². The van der Waals surface area contributed by atoms with E-state index in [1.54, 1.807) is 0 Å². The van der Waals surface area contributed by atoms with Gasteiger partial charge < -0.3 is 5.32 Å². The average Bonchev–Trinajstić information content (AvgIpc) is 2.11. The van der Waals surface area contributed by atoms with E-state index in [0.29, 0.717) is 0 Å². The van der Waals surface area contributed by atoms with Crippen molar-refractivity contribution in [2.75, 3.05) is 26.2 Å². The highest BCUT2D eigenvalue weighted by Gasteiger charge is 2.08. The molecule has 0 aromatic carbocycles. The van der Waals surface area contributed by atoms with E-state index in [4.69, 9.17) is 0 Å². The Morgan fingerprint density at radius 1 is 1.27 bits per heavy atom. The molecule has 0 saturated carbocycles. The summed E-state index contributed by atoms with van der Waals surface area (Å²) in [6.07, 6.45) is 4.43. The Balaban J connectivity index is 3.57. The second-order valence-corrected chi connectivity index (χ2v) is 5.12. The van der Waals surface area contributed by atoms with Crippen molar-refractivity contribution >= 4 is 0 Å². The number of hydrogen-bond acceptors (Lipinski definition) is 2. The topological polar surface area (TPSA) is 15.3 Å². The Morgan fingerprint density at radius 3 is 2.40 bits per heavy atom. The Hall–Kier alpha value is -0.340. The highest BCUT2D eigenvalue weighted by molar-refractivity contribution is 4.74. The highest BCUT2D eigenvalue weighted by atomic mass is 15.1. The fourth-order valence-corrected chi connectivity index (χ4v) is 1.56. The molecule has 0 aromatic rings. The highest BCUT2D eigenvalue weighted by Crippen LogP contribution is 1.99. The maximum absolute atomic E-state index is 3.79. The van der Waals surface area contributed by atoms with Crippen LogP contribution in [0.15, 0.2) is 12.7 Å². The third-order valence-corrected chi connectivity index (χ3v) is 2.23. The normalized spacial score (nSPS) is 12.1. The van der Waals surface area contributed by atoms with Gasteiger partial charge in [-0.25, -0.2) is 0 Å². The third-order valence-electron chi connectivity index (χ3n) is 2.23. The van der Waals surface area contributed by atoms with Gasteiger partial charge in [0.25, 0.3) is 0 Å². The standard InChI is InChI=1S/C13H28N2/c1-6-10-15(11-7-2)12-8-9-14-13(3,4)5/h6,14H,1,7-12H2,2-5H3. The molecule has 0 aliphatic heterocycles. The number of hydrogen-bond donors (Lipinski definition) is 1. The lowest BCUT2D eigenvalue weighted by atomic mass is 10.1. The molecule has 0 radical (unpaired) electrons. The van der Waals surface area contributed by atoms with Crippen LogP contribution in [0.5, 0.6) is 0 Å². The first kappa shape index (κ1) is 14.7. The van der Waals surface area contributed by atoms with Gasteiger partial charge in [0, 0.05) is 12.1 Å². The van der Waals surface area contributed by atoms with Crippen LogP contribution in [0.25, 0.3) is 0 Å². The minimum Gasteiger partial charge on any atom is -0.312 e. The van der Waals surface area contributed by atoms with Crippen LogP contribution in [0.2, 0.25) is 0 Å². The third kappa shape index (κ3) is 9.95. The molecule has 0 saturated heterocycles. The summed E-state index contributed by atoms with van der Waals surface area (Å²) in [7, 11) is 0. The van der Waals surface area contributed by atoms with E-state index in [0.717, 1.165) is 13.1 Å². The van der Waals surface area contributed by atoms with E-state index in [1.165, 1.54) is 25.9 Å². The second-order valence-electron chi connectivity index (χ2n) is 5.12. The van der Waals surface area contributed by atoms with Crippen molar-refractivity contribution in [1.82, 2.24) is 10.2 Å². The molecular formula is C13H28N2. The molecule has 0 amide bonds. The number of rotatable bonds is 8. The minimum atomic E-state index is 0.244. The molecule has 0 atom stereocenters. The molecule has 90 valence electrons. The van der Waals surface area contributed by atoms with Crippen LogP contribution in [-0.2, 0) is 0 Å². The molecular weight excluding hydrogens is 184 g/mol. The van der Waals surface area contributed by atoms with Gasteiger partial charge in [-0.3, -0.25) is 4.90 Å². The molecule has 0 unspecified atom stereocenters. The van der Waals surface area contributed by atoms with Crippen LogP contribution in [-0.4, -0.2) is 36.6 Å². The Labute approximate surface area is 95.7 Å². The van der Waals surface area contributed by atoms with Crippen molar-refractivity contribution in [3.63, 3.8) is 0 Å². The van der Waals surface area contributed by atoms with Crippen LogP contribution < -0.4 is 5.32 Å². The fourth-order valence-electron chi connectivity index (χ4n) is 1.56. The van der Waals surface area contributed by atoms with Gasteiger partial charge in [-0.15, -0.1) is 6.58 Å². The van der Waals surface area contributed by atoms with E-state index in [2.05, 4.69) is 44.5 Å². The molecule has 0 aliphatic rings. The summed E-state index contributed by atoms with van der Waals surface area (Å²) in [4.78, 5) is 2.46. The van der Waals surface area contributed by atoms with Gasteiger partial charge in [0.15, 0.2) is 0 Å². The molecule has 2 nitrogen and oxygen atoms in total. The van der Waals surface area contributed by atoms with Gasteiger partial charge in [0.05, 0.1) is 0 Å². The van der Waals surface area contributed by atoms with Crippen LogP contribution in [0.4, 0.5) is 0 Å². The molecule has 15 heavy (non-hydrogen) atoms. The predicted molar refractivity (Wildman–Crippen MR) is 69.3 cm³/mol. The van der Waals surface area contributed by atoms with Crippen molar-refractivity contribution in [2.24, 2.45) is 0 Å². The summed E-state index contributed by atoms with van der Waals surface area (Å²) in [5.74, 6) is 0. The zero-order chi connectivity index (χ0) is 11.7. The largest absolute Gasteiger partial charge is 0.312 e. The van der Waals surface area contributed by atoms with Crippen molar-refractivity contribution in [3.8, 4) is 0 Å². The first-order valence-electron chi connectivity index (χ1n) is 6.08. The van der Waals surface area contributed by atoms with E-state index < -0.39 is 0 Å². The molecule has 0 fully saturated rings. The van der Waals surface area contributed by atoms with Gasteiger partial charge in [-0.1, -0.05) is 13.0 Å². The molecule has 0 bridgehead atoms. The average molecular weight is 212 g/mol. The predicted octanol–water partition coefficient (Wildman–Crippen LogP) is 2.66. The summed E-state index contributed by atoms with van der Waals surface area (Å²) in [6.45, 7) is 17.1. The summed E-state index contributed by atoms with van der Waals surface area (Å²) in [5, 5.41) is 3.51. The van der Waals surface area contributed by atoms with Crippen LogP contribution in [0, 0.1) is 0 Å². The summed E-state index contributed by atoms with van der Waals surface area (Å²) in [5.41, 5.74) is 0.244. The second kappa shape index (κ2) is 7.89. The van der Waals surface area contributed by atoms with Crippen molar-refractivity contribution < 1.29 is 0 Å². The minimum absolute atomic E-state index is 0.244. The Kier molecular flexibility index (Phi) is 7.71. The van der Waals surface area contributed by atoms with Gasteiger partial charge in [-0.05, 0) is 53.2 Å². The Morgan fingerprint density at radius 2 is 1.93 bits per heavy atom. The van der Waals surface area contributed by atoms with Gasteiger partial charge >= 0.3 is 0 Å². The fraction of sp³-hybridized carbons (Fsp3) is 0.846. The lowest BCUT2D eigenvalue weighted by Crippen LogP contribution is -2.38.